The molecule has 0 spiro atoms. The fourth-order valence-corrected chi connectivity index (χ4v) is 1.90. The maximum absolute atomic E-state index is 13.3. The van der Waals surface area contributed by atoms with Crippen LogP contribution in [0, 0.1) is 11.7 Å². The maximum Gasteiger partial charge on any atom is 0.146 e. The van der Waals surface area contributed by atoms with Crippen molar-refractivity contribution in [3.63, 3.8) is 0 Å². The minimum Gasteiger partial charge on any atom is -0.389 e. The fourth-order valence-electron chi connectivity index (χ4n) is 1.90. The van der Waals surface area contributed by atoms with Crippen LogP contribution in [0.2, 0.25) is 0 Å². The number of hydrogen-bond acceptors (Lipinski definition) is 3. The number of rotatable bonds is 8. The summed E-state index contributed by atoms with van der Waals surface area (Å²) in [5.74, 6) is 0.257. The van der Waals surface area contributed by atoms with E-state index in [2.05, 4.69) is 19.2 Å². The van der Waals surface area contributed by atoms with Gasteiger partial charge in [0, 0.05) is 6.54 Å². The molecule has 0 radical (unpaired) electrons. The molecule has 0 saturated heterocycles. The molecule has 2 N–H and O–H groups in total. The molecule has 0 aliphatic carbocycles. The zero-order chi connectivity index (χ0) is 14.3. The van der Waals surface area contributed by atoms with E-state index < -0.39 is 6.10 Å². The minimum absolute atomic E-state index is 0.128. The molecule has 2 atom stereocenters. The standard InChI is InChI=1S/C15H24FNO2/c1-11(2)8-12(3)19-10-13(18)9-17-15-7-5-4-6-14(15)16/h4-7,11-13,17-18H,8-10H2,1-3H3. The van der Waals surface area contributed by atoms with Gasteiger partial charge in [0.2, 0.25) is 0 Å². The van der Waals surface area contributed by atoms with Gasteiger partial charge in [-0.2, -0.15) is 0 Å². The number of nitrogens with one attached hydrogen (secondary N) is 1. The molecule has 0 aliphatic heterocycles. The molecule has 1 rings (SSSR count). The van der Waals surface area contributed by atoms with E-state index in [-0.39, 0.29) is 25.1 Å². The summed E-state index contributed by atoms with van der Waals surface area (Å²) in [6, 6.07) is 6.41. The molecule has 2 unspecified atom stereocenters. The van der Waals surface area contributed by atoms with Crippen molar-refractivity contribution in [2.75, 3.05) is 18.5 Å². The molecular formula is C15H24FNO2. The lowest BCUT2D eigenvalue weighted by atomic mass is 10.1. The zero-order valence-electron chi connectivity index (χ0n) is 11.9. The van der Waals surface area contributed by atoms with Gasteiger partial charge >= 0.3 is 0 Å². The van der Waals surface area contributed by atoms with E-state index in [0.29, 0.717) is 11.6 Å². The summed E-state index contributed by atoms with van der Waals surface area (Å²) in [6.07, 6.45) is 0.449. The lowest BCUT2D eigenvalue weighted by molar-refractivity contribution is -0.00445. The topological polar surface area (TPSA) is 41.5 Å². The SMILES string of the molecule is CC(C)CC(C)OCC(O)CNc1ccccc1F. The molecule has 0 fully saturated rings. The lowest BCUT2D eigenvalue weighted by Crippen LogP contribution is -2.27. The van der Waals surface area contributed by atoms with E-state index in [4.69, 9.17) is 4.74 Å². The lowest BCUT2D eigenvalue weighted by Gasteiger charge is -2.18. The first-order chi connectivity index (χ1) is 8.99. The van der Waals surface area contributed by atoms with Gasteiger partial charge in [0.25, 0.3) is 0 Å². The molecule has 0 aromatic heterocycles. The minimum atomic E-state index is -0.644. The summed E-state index contributed by atoms with van der Waals surface area (Å²) in [7, 11) is 0. The molecule has 3 nitrogen and oxygen atoms in total. The van der Waals surface area contributed by atoms with Gasteiger partial charge in [-0.1, -0.05) is 26.0 Å². The average molecular weight is 269 g/mol. The van der Waals surface area contributed by atoms with E-state index in [1.54, 1.807) is 18.2 Å². The van der Waals surface area contributed by atoms with Crippen molar-refractivity contribution in [3.8, 4) is 0 Å². The van der Waals surface area contributed by atoms with E-state index in [1.807, 2.05) is 6.92 Å². The van der Waals surface area contributed by atoms with Gasteiger partial charge in [0.15, 0.2) is 0 Å². The van der Waals surface area contributed by atoms with Crippen molar-refractivity contribution in [2.45, 2.75) is 39.4 Å². The van der Waals surface area contributed by atoms with Crippen LogP contribution in [-0.2, 0) is 4.74 Å². The first-order valence-corrected chi connectivity index (χ1v) is 6.77. The summed E-state index contributed by atoms with van der Waals surface area (Å²) < 4.78 is 18.9. The van der Waals surface area contributed by atoms with Crippen molar-refractivity contribution in [1.29, 1.82) is 0 Å². The van der Waals surface area contributed by atoms with Gasteiger partial charge in [-0.15, -0.1) is 0 Å². The van der Waals surface area contributed by atoms with Crippen molar-refractivity contribution in [3.05, 3.63) is 30.1 Å². The summed E-state index contributed by atoms with van der Waals surface area (Å²) in [4.78, 5) is 0. The van der Waals surface area contributed by atoms with E-state index in [0.717, 1.165) is 6.42 Å². The van der Waals surface area contributed by atoms with E-state index in [1.165, 1.54) is 6.07 Å². The monoisotopic (exact) mass is 269 g/mol. The third-order valence-corrected chi connectivity index (χ3v) is 2.78. The summed E-state index contributed by atoms with van der Waals surface area (Å²) in [5, 5.41) is 12.6. The molecule has 0 bridgehead atoms. The van der Waals surface area contributed by atoms with Crippen LogP contribution in [0.1, 0.15) is 27.2 Å². The van der Waals surface area contributed by atoms with Gasteiger partial charge < -0.3 is 15.2 Å². The first-order valence-electron chi connectivity index (χ1n) is 6.77. The summed E-state index contributed by atoms with van der Waals surface area (Å²) >= 11 is 0. The summed E-state index contributed by atoms with van der Waals surface area (Å²) in [5.41, 5.74) is 0.400. The number of anilines is 1. The number of ether oxygens (including phenoxy) is 1. The molecule has 19 heavy (non-hydrogen) atoms. The maximum atomic E-state index is 13.3. The van der Waals surface area contributed by atoms with Gasteiger partial charge in [-0.3, -0.25) is 0 Å². The average Bonchev–Trinajstić information content (AvgIpc) is 2.34. The highest BCUT2D eigenvalue weighted by Crippen LogP contribution is 2.12. The Bertz CT molecular complexity index is 371. The molecule has 108 valence electrons. The number of para-hydroxylation sites is 1. The number of halogens is 1. The van der Waals surface area contributed by atoms with Gasteiger partial charge in [-0.05, 0) is 31.4 Å². The smallest absolute Gasteiger partial charge is 0.146 e. The quantitative estimate of drug-likeness (QED) is 0.762. The van der Waals surface area contributed by atoms with Gasteiger partial charge in [0.05, 0.1) is 24.5 Å². The molecular weight excluding hydrogens is 245 g/mol. The predicted molar refractivity (Wildman–Crippen MR) is 75.8 cm³/mol. The predicted octanol–water partition coefficient (Wildman–Crippen LogP) is 3.05. The molecule has 1 aromatic carbocycles. The van der Waals surface area contributed by atoms with Crippen LogP contribution in [0.15, 0.2) is 24.3 Å². The summed E-state index contributed by atoms with van der Waals surface area (Å²) in [6.45, 7) is 6.80. The van der Waals surface area contributed by atoms with Crippen molar-refractivity contribution in [2.24, 2.45) is 5.92 Å². The third kappa shape index (κ3) is 6.55. The van der Waals surface area contributed by atoms with Crippen LogP contribution >= 0.6 is 0 Å². The largest absolute Gasteiger partial charge is 0.389 e. The second kappa shape index (κ2) is 8.12. The Balaban J connectivity index is 2.25. The highest BCUT2D eigenvalue weighted by molar-refractivity contribution is 5.44. The number of benzene rings is 1. The molecule has 4 heteroatoms. The Morgan fingerprint density at radius 2 is 1.95 bits per heavy atom. The van der Waals surface area contributed by atoms with Crippen LogP contribution in [0.4, 0.5) is 10.1 Å². The third-order valence-electron chi connectivity index (χ3n) is 2.78. The normalized spacial score (nSPS) is 14.4. The second-order valence-electron chi connectivity index (χ2n) is 5.29. The van der Waals surface area contributed by atoms with Crippen LogP contribution in [-0.4, -0.2) is 30.5 Å². The molecule has 0 saturated carbocycles. The molecule has 0 amide bonds. The van der Waals surface area contributed by atoms with Crippen LogP contribution < -0.4 is 5.32 Å². The van der Waals surface area contributed by atoms with Crippen molar-refractivity contribution in [1.82, 2.24) is 0 Å². The first kappa shape index (κ1) is 15.9. The van der Waals surface area contributed by atoms with Gasteiger partial charge in [-0.25, -0.2) is 4.39 Å². The molecule has 1 aromatic rings. The Morgan fingerprint density at radius 3 is 2.58 bits per heavy atom. The fraction of sp³-hybridized carbons (Fsp3) is 0.600. The van der Waals surface area contributed by atoms with E-state index >= 15 is 0 Å². The Hall–Kier alpha value is -1.13. The zero-order valence-corrected chi connectivity index (χ0v) is 11.9. The molecule has 0 heterocycles. The van der Waals surface area contributed by atoms with Crippen molar-refractivity contribution >= 4 is 5.69 Å². The van der Waals surface area contributed by atoms with Crippen LogP contribution in [0.25, 0.3) is 0 Å². The number of hydrogen-bond donors (Lipinski definition) is 2. The Labute approximate surface area is 114 Å². The van der Waals surface area contributed by atoms with Gasteiger partial charge in [0.1, 0.15) is 5.82 Å². The number of aliphatic hydroxyl groups excluding tert-OH is 1. The second-order valence-corrected chi connectivity index (χ2v) is 5.29. The van der Waals surface area contributed by atoms with Crippen LogP contribution in [0.3, 0.4) is 0 Å². The van der Waals surface area contributed by atoms with Crippen molar-refractivity contribution < 1.29 is 14.2 Å². The Morgan fingerprint density at radius 1 is 1.26 bits per heavy atom. The Kier molecular flexibility index (Phi) is 6.81. The number of aliphatic hydroxyl groups is 1. The van der Waals surface area contributed by atoms with Crippen LogP contribution in [0.5, 0.6) is 0 Å². The highest BCUT2D eigenvalue weighted by atomic mass is 19.1. The highest BCUT2D eigenvalue weighted by Gasteiger charge is 2.10. The van der Waals surface area contributed by atoms with E-state index in [9.17, 15) is 9.50 Å². The molecule has 0 aliphatic rings.